The van der Waals surface area contributed by atoms with Crippen LogP contribution in [-0.4, -0.2) is 46.8 Å². The Morgan fingerprint density at radius 2 is 2.19 bits per heavy atom. The van der Waals surface area contributed by atoms with Crippen molar-refractivity contribution in [2.45, 2.75) is 13.3 Å². The van der Waals surface area contributed by atoms with Crippen LogP contribution in [0.5, 0.6) is 0 Å². The molecule has 6 nitrogen and oxygen atoms in total. The van der Waals surface area contributed by atoms with Crippen molar-refractivity contribution < 1.29 is 18.7 Å². The van der Waals surface area contributed by atoms with E-state index in [2.05, 4.69) is 21.0 Å². The summed E-state index contributed by atoms with van der Waals surface area (Å²) in [5.41, 5.74) is 0.857. The smallest absolute Gasteiger partial charge is 0.307 e. The van der Waals surface area contributed by atoms with Gasteiger partial charge in [0.2, 0.25) is 5.91 Å². The molecule has 2 aromatic rings. The van der Waals surface area contributed by atoms with E-state index in [0.717, 1.165) is 4.47 Å². The SMILES string of the molecule is CCOC(=O)CCN(C)C(=O)/C=C/c1ccc(-n2cc(Br)cn2)c(F)c1. The minimum absolute atomic E-state index is 0.132. The van der Waals surface area contributed by atoms with Gasteiger partial charge in [0, 0.05) is 25.9 Å². The molecule has 0 saturated carbocycles. The van der Waals surface area contributed by atoms with E-state index in [1.165, 1.54) is 27.8 Å². The van der Waals surface area contributed by atoms with E-state index >= 15 is 0 Å². The summed E-state index contributed by atoms with van der Waals surface area (Å²) in [6.07, 6.45) is 6.21. The molecule has 0 radical (unpaired) electrons. The van der Waals surface area contributed by atoms with Crippen LogP contribution >= 0.6 is 15.9 Å². The number of carbonyl (C=O) groups is 2. The van der Waals surface area contributed by atoms with Crippen LogP contribution < -0.4 is 0 Å². The number of nitrogens with zero attached hydrogens (tertiary/aromatic N) is 3. The highest BCUT2D eigenvalue weighted by Crippen LogP contribution is 2.18. The Balaban J connectivity index is 1.98. The lowest BCUT2D eigenvalue weighted by Gasteiger charge is -2.14. The van der Waals surface area contributed by atoms with E-state index in [1.807, 2.05) is 0 Å². The van der Waals surface area contributed by atoms with Crippen molar-refractivity contribution in [3.05, 3.63) is 52.5 Å². The Kier molecular flexibility index (Phi) is 7.08. The number of aromatic nitrogens is 2. The lowest BCUT2D eigenvalue weighted by atomic mass is 10.2. The van der Waals surface area contributed by atoms with Gasteiger partial charge in [0.15, 0.2) is 0 Å². The quantitative estimate of drug-likeness (QED) is 0.506. The minimum Gasteiger partial charge on any atom is -0.466 e. The fourth-order valence-corrected chi connectivity index (χ4v) is 2.43. The zero-order valence-electron chi connectivity index (χ0n) is 14.5. The first-order valence-electron chi connectivity index (χ1n) is 7.99. The normalized spacial score (nSPS) is 10.9. The first kappa shape index (κ1) is 19.8. The monoisotopic (exact) mass is 423 g/mol. The van der Waals surface area contributed by atoms with Gasteiger partial charge < -0.3 is 9.64 Å². The second kappa shape index (κ2) is 9.28. The number of carbonyl (C=O) groups excluding carboxylic acids is 2. The van der Waals surface area contributed by atoms with E-state index in [9.17, 15) is 14.0 Å². The number of rotatable bonds is 7. The maximum atomic E-state index is 14.3. The van der Waals surface area contributed by atoms with Crippen molar-refractivity contribution in [2.75, 3.05) is 20.2 Å². The number of hydrogen-bond acceptors (Lipinski definition) is 4. The van der Waals surface area contributed by atoms with Gasteiger partial charge in [-0.15, -0.1) is 0 Å². The molecule has 0 unspecified atom stereocenters. The summed E-state index contributed by atoms with van der Waals surface area (Å²) in [5, 5.41) is 4.03. The Morgan fingerprint density at radius 1 is 1.42 bits per heavy atom. The van der Waals surface area contributed by atoms with Crippen molar-refractivity contribution >= 4 is 33.9 Å². The van der Waals surface area contributed by atoms with Gasteiger partial charge in [-0.3, -0.25) is 9.59 Å². The third kappa shape index (κ3) is 5.52. The van der Waals surface area contributed by atoms with Crippen LogP contribution in [0, 0.1) is 5.82 Å². The molecule has 0 spiro atoms. The van der Waals surface area contributed by atoms with Gasteiger partial charge in [0.05, 0.1) is 23.7 Å². The molecule has 0 aliphatic heterocycles. The second-order valence-corrected chi connectivity index (χ2v) is 6.38. The largest absolute Gasteiger partial charge is 0.466 e. The molecule has 0 N–H and O–H groups in total. The summed E-state index contributed by atoms with van der Waals surface area (Å²) in [6, 6.07) is 4.60. The topological polar surface area (TPSA) is 64.4 Å². The van der Waals surface area contributed by atoms with Crippen molar-refractivity contribution in [1.29, 1.82) is 0 Å². The zero-order valence-corrected chi connectivity index (χ0v) is 16.1. The van der Waals surface area contributed by atoms with E-state index in [0.29, 0.717) is 17.9 Å². The van der Waals surface area contributed by atoms with Gasteiger partial charge in [-0.2, -0.15) is 5.10 Å². The van der Waals surface area contributed by atoms with Gasteiger partial charge >= 0.3 is 5.97 Å². The van der Waals surface area contributed by atoms with Crippen LogP contribution in [0.1, 0.15) is 18.9 Å². The zero-order chi connectivity index (χ0) is 19.1. The van der Waals surface area contributed by atoms with Gasteiger partial charge in [-0.1, -0.05) is 6.07 Å². The predicted molar refractivity (Wildman–Crippen MR) is 99.1 cm³/mol. The molecule has 138 valence electrons. The average Bonchev–Trinajstić information content (AvgIpc) is 3.04. The lowest BCUT2D eigenvalue weighted by Crippen LogP contribution is -2.27. The predicted octanol–water partition coefficient (Wildman–Crippen LogP) is 3.20. The van der Waals surface area contributed by atoms with E-state index in [1.54, 1.807) is 38.5 Å². The molecule has 26 heavy (non-hydrogen) atoms. The van der Waals surface area contributed by atoms with Crippen LogP contribution in [-0.2, 0) is 14.3 Å². The van der Waals surface area contributed by atoms with Gasteiger partial charge in [0.1, 0.15) is 11.5 Å². The maximum absolute atomic E-state index is 14.3. The number of likely N-dealkylation sites (N-methyl/N-ethyl adjacent to an activating group) is 1. The Morgan fingerprint density at radius 3 is 2.81 bits per heavy atom. The van der Waals surface area contributed by atoms with Crippen molar-refractivity contribution in [3.63, 3.8) is 0 Å². The number of benzene rings is 1. The van der Waals surface area contributed by atoms with Crippen LogP contribution in [0.4, 0.5) is 4.39 Å². The van der Waals surface area contributed by atoms with Crippen molar-refractivity contribution in [3.8, 4) is 5.69 Å². The standard InChI is InChI=1S/C18H19BrFN3O3/c1-3-26-18(25)8-9-22(2)17(24)7-5-13-4-6-16(15(20)10-13)23-12-14(19)11-21-23/h4-7,10-12H,3,8-9H2,1-2H3/b7-5+. The molecule has 1 aromatic carbocycles. The van der Waals surface area contributed by atoms with E-state index < -0.39 is 5.82 Å². The molecular formula is C18H19BrFN3O3. The molecule has 2 rings (SSSR count). The van der Waals surface area contributed by atoms with Crippen LogP contribution in [0.25, 0.3) is 11.8 Å². The minimum atomic E-state index is -0.453. The summed E-state index contributed by atoms with van der Waals surface area (Å²) >= 11 is 3.26. The molecule has 0 aliphatic rings. The third-order valence-electron chi connectivity index (χ3n) is 3.52. The molecule has 0 saturated heterocycles. The van der Waals surface area contributed by atoms with Crippen LogP contribution in [0.2, 0.25) is 0 Å². The first-order chi connectivity index (χ1) is 12.4. The molecule has 8 heteroatoms. The highest BCUT2D eigenvalue weighted by Gasteiger charge is 2.09. The van der Waals surface area contributed by atoms with Crippen molar-refractivity contribution in [2.24, 2.45) is 0 Å². The summed E-state index contributed by atoms with van der Waals surface area (Å²) in [7, 11) is 1.59. The molecule has 1 heterocycles. The molecule has 0 atom stereocenters. The summed E-state index contributed by atoms with van der Waals surface area (Å²) < 4.78 is 21.2. The molecule has 0 fully saturated rings. The van der Waals surface area contributed by atoms with Crippen LogP contribution in [0.3, 0.4) is 0 Å². The molecule has 0 aliphatic carbocycles. The molecule has 1 amide bonds. The van der Waals surface area contributed by atoms with E-state index in [4.69, 9.17) is 4.74 Å². The first-order valence-corrected chi connectivity index (χ1v) is 8.79. The van der Waals surface area contributed by atoms with Gasteiger partial charge in [0.25, 0.3) is 0 Å². The molecule has 0 bridgehead atoms. The van der Waals surface area contributed by atoms with E-state index in [-0.39, 0.29) is 24.8 Å². The number of hydrogen-bond donors (Lipinski definition) is 0. The fourth-order valence-electron chi connectivity index (χ4n) is 2.14. The Labute approximate surface area is 159 Å². The number of ether oxygens (including phenoxy) is 1. The molecular weight excluding hydrogens is 405 g/mol. The molecule has 1 aromatic heterocycles. The lowest BCUT2D eigenvalue weighted by molar-refractivity contribution is -0.143. The summed E-state index contributed by atoms with van der Waals surface area (Å²) in [5.74, 6) is -1.08. The Hall–Kier alpha value is -2.48. The second-order valence-electron chi connectivity index (χ2n) is 5.46. The number of halogens is 2. The Bertz CT molecular complexity index is 820. The third-order valence-corrected chi connectivity index (χ3v) is 3.93. The van der Waals surface area contributed by atoms with Gasteiger partial charge in [-0.05, 0) is 46.6 Å². The number of amides is 1. The summed E-state index contributed by atoms with van der Waals surface area (Å²) in [4.78, 5) is 24.7. The highest BCUT2D eigenvalue weighted by atomic mass is 79.9. The number of esters is 1. The summed E-state index contributed by atoms with van der Waals surface area (Å²) in [6.45, 7) is 2.29. The van der Waals surface area contributed by atoms with Crippen molar-refractivity contribution in [1.82, 2.24) is 14.7 Å². The highest BCUT2D eigenvalue weighted by molar-refractivity contribution is 9.10. The average molecular weight is 424 g/mol. The van der Waals surface area contributed by atoms with Crippen LogP contribution in [0.15, 0.2) is 41.1 Å². The van der Waals surface area contributed by atoms with Gasteiger partial charge in [-0.25, -0.2) is 9.07 Å². The maximum Gasteiger partial charge on any atom is 0.307 e. The fraction of sp³-hybridized carbons (Fsp3) is 0.278.